The summed E-state index contributed by atoms with van der Waals surface area (Å²) in [4.78, 5) is 20.6. The molecule has 134 valence electrons. The molecule has 0 bridgehead atoms. The Bertz CT molecular complexity index is 756. The number of aryl methyl sites for hydroxylation is 2. The summed E-state index contributed by atoms with van der Waals surface area (Å²) >= 11 is 1.42. The number of aromatic nitrogens is 2. The number of para-hydroxylation sites is 1. The predicted octanol–water partition coefficient (Wildman–Crippen LogP) is 4.37. The van der Waals surface area contributed by atoms with Gasteiger partial charge in [0.2, 0.25) is 0 Å². The molecular formula is C17H17F3N2O2S. The third kappa shape index (κ3) is 4.94. The zero-order valence-corrected chi connectivity index (χ0v) is 14.8. The largest absolute Gasteiger partial charge is 0.426 e. The van der Waals surface area contributed by atoms with Crippen molar-refractivity contribution >= 4 is 17.7 Å². The molecule has 1 aromatic carbocycles. The Morgan fingerprint density at radius 3 is 2.32 bits per heavy atom. The number of alkyl halides is 3. The summed E-state index contributed by atoms with van der Waals surface area (Å²) in [6.45, 7) is 3.63. The van der Waals surface area contributed by atoms with E-state index in [-0.39, 0.29) is 6.42 Å². The van der Waals surface area contributed by atoms with E-state index in [1.165, 1.54) is 23.9 Å². The second kappa shape index (κ2) is 7.86. The molecule has 0 aliphatic carbocycles. The van der Waals surface area contributed by atoms with Gasteiger partial charge in [0.1, 0.15) is 5.75 Å². The lowest BCUT2D eigenvalue weighted by Crippen LogP contribution is -2.14. The first-order valence-corrected chi connectivity index (χ1v) is 8.70. The van der Waals surface area contributed by atoms with Crippen molar-refractivity contribution in [3.05, 3.63) is 46.8 Å². The van der Waals surface area contributed by atoms with E-state index >= 15 is 0 Å². The van der Waals surface area contributed by atoms with Gasteiger partial charge in [0.05, 0.1) is 12.0 Å². The van der Waals surface area contributed by atoms with Gasteiger partial charge in [-0.25, -0.2) is 9.97 Å². The van der Waals surface area contributed by atoms with Crippen LogP contribution in [-0.4, -0.2) is 22.2 Å². The van der Waals surface area contributed by atoms with Gasteiger partial charge in [-0.2, -0.15) is 13.2 Å². The second-order valence-corrected chi connectivity index (χ2v) is 6.10. The van der Waals surface area contributed by atoms with Crippen molar-refractivity contribution in [2.24, 2.45) is 0 Å². The quantitative estimate of drug-likeness (QED) is 0.339. The van der Waals surface area contributed by atoms with Gasteiger partial charge in [-0.1, -0.05) is 23.9 Å². The fraction of sp³-hybridized carbons (Fsp3) is 0.353. The van der Waals surface area contributed by atoms with Gasteiger partial charge in [0.25, 0.3) is 0 Å². The first-order valence-electron chi connectivity index (χ1n) is 7.47. The summed E-state index contributed by atoms with van der Waals surface area (Å²) in [5.74, 6) is -1.22. The Morgan fingerprint density at radius 1 is 1.16 bits per heavy atom. The standard InChI is InChI=1S/C17H17F3N2O2S/c1-10-12(11(2)22-16(21-10)25-3)8-9-15(23)24-14-7-5-4-6-13(14)17(18,19)20/h4-7H,8-9H2,1-3H3. The molecule has 0 fully saturated rings. The average Bonchev–Trinajstić information content (AvgIpc) is 2.53. The van der Waals surface area contributed by atoms with Crippen LogP contribution in [0.4, 0.5) is 13.2 Å². The molecule has 0 spiro atoms. The van der Waals surface area contributed by atoms with Crippen LogP contribution in [0.2, 0.25) is 0 Å². The fourth-order valence-corrected chi connectivity index (χ4v) is 2.81. The highest BCUT2D eigenvalue weighted by Crippen LogP contribution is 2.36. The minimum absolute atomic E-state index is 0.0597. The van der Waals surface area contributed by atoms with Crippen LogP contribution in [0.1, 0.15) is 28.9 Å². The summed E-state index contributed by atoms with van der Waals surface area (Å²) < 4.78 is 43.7. The van der Waals surface area contributed by atoms with Crippen molar-refractivity contribution in [1.29, 1.82) is 0 Å². The number of rotatable bonds is 5. The molecular weight excluding hydrogens is 353 g/mol. The minimum atomic E-state index is -4.58. The van der Waals surface area contributed by atoms with E-state index in [0.29, 0.717) is 11.6 Å². The molecule has 0 saturated carbocycles. The average molecular weight is 370 g/mol. The lowest BCUT2D eigenvalue weighted by Gasteiger charge is -2.13. The van der Waals surface area contributed by atoms with E-state index in [2.05, 4.69) is 9.97 Å². The minimum Gasteiger partial charge on any atom is -0.426 e. The van der Waals surface area contributed by atoms with E-state index in [1.807, 2.05) is 20.1 Å². The summed E-state index contributed by atoms with van der Waals surface area (Å²) in [6.07, 6.45) is -2.47. The van der Waals surface area contributed by atoms with Crippen LogP contribution >= 0.6 is 11.8 Å². The Kier molecular flexibility index (Phi) is 6.05. The van der Waals surface area contributed by atoms with Crippen LogP contribution in [0, 0.1) is 13.8 Å². The number of carbonyl (C=O) groups is 1. The Hall–Kier alpha value is -2.09. The molecule has 0 saturated heterocycles. The van der Waals surface area contributed by atoms with Gasteiger partial charge in [0, 0.05) is 11.4 Å². The molecule has 2 aromatic rings. The van der Waals surface area contributed by atoms with Gasteiger partial charge in [-0.05, 0) is 44.2 Å². The number of benzene rings is 1. The summed E-state index contributed by atoms with van der Waals surface area (Å²) in [6, 6.07) is 4.65. The number of nitrogens with zero attached hydrogens (tertiary/aromatic N) is 2. The number of hydrogen-bond donors (Lipinski definition) is 0. The summed E-state index contributed by atoms with van der Waals surface area (Å²) in [7, 11) is 0. The highest BCUT2D eigenvalue weighted by molar-refractivity contribution is 7.98. The molecule has 0 radical (unpaired) electrons. The van der Waals surface area contributed by atoms with E-state index in [9.17, 15) is 18.0 Å². The first-order chi connectivity index (χ1) is 11.7. The topological polar surface area (TPSA) is 52.1 Å². The number of halogens is 3. The molecule has 0 aliphatic rings. The zero-order chi connectivity index (χ0) is 18.6. The van der Waals surface area contributed by atoms with Crippen LogP contribution in [-0.2, 0) is 17.4 Å². The number of carbonyl (C=O) groups excluding carboxylic acids is 1. The molecule has 25 heavy (non-hydrogen) atoms. The molecule has 1 heterocycles. The normalized spacial score (nSPS) is 11.4. The molecule has 8 heteroatoms. The highest BCUT2D eigenvalue weighted by atomic mass is 32.2. The molecule has 1 aromatic heterocycles. The van der Waals surface area contributed by atoms with Crippen molar-refractivity contribution in [3.8, 4) is 5.75 Å². The maximum atomic E-state index is 12.9. The Labute approximate surface area is 147 Å². The van der Waals surface area contributed by atoms with Crippen molar-refractivity contribution in [2.45, 2.75) is 38.0 Å². The van der Waals surface area contributed by atoms with E-state index in [4.69, 9.17) is 4.74 Å². The highest BCUT2D eigenvalue weighted by Gasteiger charge is 2.34. The van der Waals surface area contributed by atoms with Gasteiger partial charge < -0.3 is 4.74 Å². The van der Waals surface area contributed by atoms with E-state index < -0.39 is 23.5 Å². The van der Waals surface area contributed by atoms with Crippen LogP contribution < -0.4 is 4.74 Å². The molecule has 2 rings (SSSR count). The van der Waals surface area contributed by atoms with Crippen molar-refractivity contribution < 1.29 is 22.7 Å². The molecule has 0 amide bonds. The van der Waals surface area contributed by atoms with Gasteiger partial charge in [0.15, 0.2) is 5.16 Å². The zero-order valence-electron chi connectivity index (χ0n) is 14.0. The number of thioether (sulfide) groups is 1. The summed E-state index contributed by atoms with van der Waals surface area (Å²) in [5, 5.41) is 0.639. The van der Waals surface area contributed by atoms with Crippen LogP contribution in [0.15, 0.2) is 29.4 Å². The third-order valence-corrected chi connectivity index (χ3v) is 4.13. The molecule has 4 nitrogen and oxygen atoms in total. The van der Waals surface area contributed by atoms with Crippen LogP contribution in [0.25, 0.3) is 0 Å². The number of esters is 1. The predicted molar refractivity (Wildman–Crippen MR) is 88.7 cm³/mol. The fourth-order valence-electron chi connectivity index (χ4n) is 2.35. The maximum Gasteiger partial charge on any atom is 0.419 e. The molecule has 0 N–H and O–H groups in total. The molecule has 0 unspecified atom stereocenters. The number of hydrogen-bond acceptors (Lipinski definition) is 5. The maximum absolute atomic E-state index is 12.9. The van der Waals surface area contributed by atoms with Crippen LogP contribution in [0.5, 0.6) is 5.75 Å². The SMILES string of the molecule is CSc1nc(C)c(CCC(=O)Oc2ccccc2C(F)(F)F)c(C)n1. The van der Waals surface area contributed by atoms with Gasteiger partial charge in [-0.3, -0.25) is 4.79 Å². The second-order valence-electron chi connectivity index (χ2n) is 5.33. The van der Waals surface area contributed by atoms with Gasteiger partial charge >= 0.3 is 12.1 Å². The van der Waals surface area contributed by atoms with Gasteiger partial charge in [-0.15, -0.1) is 0 Å². The van der Waals surface area contributed by atoms with Crippen molar-refractivity contribution in [1.82, 2.24) is 9.97 Å². The monoisotopic (exact) mass is 370 g/mol. The smallest absolute Gasteiger partial charge is 0.419 e. The lowest BCUT2D eigenvalue weighted by molar-refractivity contribution is -0.142. The Morgan fingerprint density at radius 2 is 1.76 bits per heavy atom. The van der Waals surface area contributed by atoms with Crippen molar-refractivity contribution in [3.63, 3.8) is 0 Å². The lowest BCUT2D eigenvalue weighted by atomic mass is 10.1. The third-order valence-electron chi connectivity index (χ3n) is 3.58. The van der Waals surface area contributed by atoms with Crippen molar-refractivity contribution in [2.75, 3.05) is 6.26 Å². The molecule has 0 atom stereocenters. The van der Waals surface area contributed by atoms with E-state index in [0.717, 1.165) is 29.1 Å². The van der Waals surface area contributed by atoms with Crippen LogP contribution in [0.3, 0.4) is 0 Å². The Balaban J connectivity index is 2.08. The molecule has 0 aliphatic heterocycles. The summed E-state index contributed by atoms with van der Waals surface area (Å²) in [5.41, 5.74) is 1.34. The first kappa shape index (κ1) is 19.2. The number of ether oxygens (including phenoxy) is 1. The van der Waals surface area contributed by atoms with E-state index in [1.54, 1.807) is 0 Å².